The van der Waals surface area contributed by atoms with E-state index in [-0.39, 0.29) is 12.4 Å². The number of benzene rings is 2. The van der Waals surface area contributed by atoms with Gasteiger partial charge in [0.05, 0.1) is 0 Å². The van der Waals surface area contributed by atoms with Gasteiger partial charge in [-0.25, -0.2) is 14.8 Å². The lowest BCUT2D eigenvalue weighted by Crippen LogP contribution is -2.28. The molecule has 0 fully saturated rings. The normalized spacial score (nSPS) is 11.4. The van der Waals surface area contributed by atoms with E-state index in [1.807, 2.05) is 55.5 Å². The van der Waals surface area contributed by atoms with Gasteiger partial charge in [0.1, 0.15) is 11.4 Å². The number of aromatic carboxylic acids is 1. The average Bonchev–Trinajstić information content (AvgIpc) is 3.38. The van der Waals surface area contributed by atoms with Crippen molar-refractivity contribution in [3.8, 4) is 22.5 Å². The number of tetrazole rings is 1. The smallest absolute Gasteiger partial charge is 0.451 e. The molecule has 0 atom stereocenters. The Balaban J connectivity index is 1.66. The summed E-state index contributed by atoms with van der Waals surface area (Å²) in [4.78, 5) is 20.0. The molecule has 35 heavy (non-hydrogen) atoms. The SMILES string of the molecule is CCCN(Cc1ccc(-c2ccccc2-c2nn[nH]n2)cc1)c1nc(C(F)(F)F)ncc1C(=O)O. The zero-order chi connectivity index (χ0) is 25.0. The topological polar surface area (TPSA) is 121 Å². The number of aromatic amines is 1. The second-order valence-corrected chi connectivity index (χ2v) is 7.63. The Bertz CT molecular complexity index is 1310. The van der Waals surface area contributed by atoms with Gasteiger partial charge in [0.25, 0.3) is 0 Å². The number of anilines is 1. The molecule has 2 aromatic carbocycles. The first-order valence-electron chi connectivity index (χ1n) is 10.6. The molecule has 0 amide bonds. The predicted molar refractivity (Wildman–Crippen MR) is 120 cm³/mol. The molecule has 0 saturated carbocycles. The lowest BCUT2D eigenvalue weighted by Gasteiger charge is -2.25. The van der Waals surface area contributed by atoms with Crippen LogP contribution < -0.4 is 4.90 Å². The minimum absolute atomic E-state index is 0.162. The minimum atomic E-state index is -4.79. The zero-order valence-corrected chi connectivity index (χ0v) is 18.5. The fourth-order valence-corrected chi connectivity index (χ4v) is 3.65. The maximum atomic E-state index is 13.2. The van der Waals surface area contributed by atoms with Crippen molar-refractivity contribution in [1.82, 2.24) is 30.6 Å². The van der Waals surface area contributed by atoms with Gasteiger partial charge in [-0.3, -0.25) is 0 Å². The fourth-order valence-electron chi connectivity index (χ4n) is 3.65. The molecule has 0 radical (unpaired) electrons. The number of aromatic nitrogens is 6. The van der Waals surface area contributed by atoms with Gasteiger partial charge in [0.2, 0.25) is 11.6 Å². The number of alkyl halides is 3. The van der Waals surface area contributed by atoms with E-state index >= 15 is 0 Å². The van der Waals surface area contributed by atoms with Crippen LogP contribution >= 0.6 is 0 Å². The van der Waals surface area contributed by atoms with Gasteiger partial charge in [0.15, 0.2) is 0 Å². The number of carbonyl (C=O) groups is 1. The summed E-state index contributed by atoms with van der Waals surface area (Å²) in [5.74, 6) is -2.60. The van der Waals surface area contributed by atoms with Crippen LogP contribution in [0.4, 0.5) is 19.0 Å². The second kappa shape index (κ2) is 9.87. The summed E-state index contributed by atoms with van der Waals surface area (Å²) in [5.41, 5.74) is 2.92. The van der Waals surface area contributed by atoms with Gasteiger partial charge < -0.3 is 10.0 Å². The lowest BCUT2D eigenvalue weighted by molar-refractivity contribution is -0.144. The molecular weight excluding hydrogens is 463 g/mol. The van der Waals surface area contributed by atoms with E-state index in [1.54, 1.807) is 0 Å². The summed E-state index contributed by atoms with van der Waals surface area (Å²) in [5, 5.41) is 23.6. The second-order valence-electron chi connectivity index (χ2n) is 7.63. The van der Waals surface area contributed by atoms with Crippen LogP contribution in [0.3, 0.4) is 0 Å². The van der Waals surface area contributed by atoms with Crippen LogP contribution in [0.2, 0.25) is 0 Å². The van der Waals surface area contributed by atoms with Crippen molar-refractivity contribution in [1.29, 1.82) is 0 Å². The molecule has 4 aromatic rings. The van der Waals surface area contributed by atoms with Crippen LogP contribution in [0.25, 0.3) is 22.5 Å². The summed E-state index contributed by atoms with van der Waals surface area (Å²) in [7, 11) is 0. The lowest BCUT2D eigenvalue weighted by atomic mass is 9.98. The molecule has 0 spiro atoms. The number of nitrogens with one attached hydrogen (secondary N) is 1. The summed E-state index contributed by atoms with van der Waals surface area (Å²) in [6.07, 6.45) is -3.52. The zero-order valence-electron chi connectivity index (χ0n) is 18.5. The first kappa shape index (κ1) is 23.8. The van der Waals surface area contributed by atoms with Crippen molar-refractivity contribution < 1.29 is 23.1 Å². The number of nitrogens with zero attached hydrogens (tertiary/aromatic N) is 6. The van der Waals surface area contributed by atoms with Crippen molar-refractivity contribution >= 4 is 11.8 Å². The number of halogens is 3. The number of rotatable bonds is 8. The van der Waals surface area contributed by atoms with Crippen molar-refractivity contribution in [2.75, 3.05) is 11.4 Å². The molecule has 2 heterocycles. The minimum Gasteiger partial charge on any atom is -0.477 e. The molecule has 9 nitrogen and oxygen atoms in total. The number of hydrogen-bond acceptors (Lipinski definition) is 7. The van der Waals surface area contributed by atoms with Crippen molar-refractivity contribution in [3.05, 3.63) is 71.7 Å². The number of carboxylic acids is 1. The summed E-state index contributed by atoms with van der Waals surface area (Å²) >= 11 is 0. The number of carboxylic acid groups (broad SMARTS) is 1. The van der Waals surface area contributed by atoms with E-state index in [0.29, 0.717) is 25.0 Å². The maximum Gasteiger partial charge on any atom is 0.451 e. The molecule has 12 heteroatoms. The first-order chi connectivity index (χ1) is 16.8. The van der Waals surface area contributed by atoms with Crippen LogP contribution in [0.1, 0.15) is 35.1 Å². The molecule has 2 N–H and O–H groups in total. The van der Waals surface area contributed by atoms with Gasteiger partial charge in [-0.1, -0.05) is 55.5 Å². The Kier molecular flexibility index (Phi) is 6.71. The molecule has 0 aliphatic heterocycles. The third kappa shape index (κ3) is 5.26. The highest BCUT2D eigenvalue weighted by Gasteiger charge is 2.36. The fraction of sp³-hybridized carbons (Fsp3) is 0.217. The largest absolute Gasteiger partial charge is 0.477 e. The molecule has 0 unspecified atom stereocenters. The molecule has 4 rings (SSSR count). The van der Waals surface area contributed by atoms with Gasteiger partial charge >= 0.3 is 12.1 Å². The highest BCUT2D eigenvalue weighted by Crippen LogP contribution is 2.31. The van der Waals surface area contributed by atoms with E-state index < -0.39 is 23.5 Å². The molecule has 0 saturated heterocycles. The van der Waals surface area contributed by atoms with Crippen molar-refractivity contribution in [2.45, 2.75) is 26.1 Å². The molecule has 180 valence electrons. The van der Waals surface area contributed by atoms with E-state index in [4.69, 9.17) is 0 Å². The van der Waals surface area contributed by atoms with Gasteiger partial charge in [-0.15, -0.1) is 10.2 Å². The highest BCUT2D eigenvalue weighted by molar-refractivity contribution is 5.93. The molecule has 0 bridgehead atoms. The van der Waals surface area contributed by atoms with Crippen LogP contribution in [-0.2, 0) is 12.7 Å². The average molecular weight is 483 g/mol. The van der Waals surface area contributed by atoms with E-state index in [9.17, 15) is 23.1 Å². The Morgan fingerprint density at radius 1 is 1.09 bits per heavy atom. The summed E-state index contributed by atoms with van der Waals surface area (Å²) in [6, 6.07) is 14.9. The Morgan fingerprint density at radius 3 is 2.40 bits per heavy atom. The molecule has 2 aromatic heterocycles. The maximum absolute atomic E-state index is 13.2. The van der Waals surface area contributed by atoms with Gasteiger partial charge in [-0.05, 0) is 28.3 Å². The Labute approximate surface area is 197 Å². The van der Waals surface area contributed by atoms with Crippen LogP contribution in [0.5, 0.6) is 0 Å². The van der Waals surface area contributed by atoms with E-state index in [1.165, 1.54) is 4.90 Å². The van der Waals surface area contributed by atoms with E-state index in [2.05, 4.69) is 30.6 Å². The van der Waals surface area contributed by atoms with Gasteiger partial charge in [0, 0.05) is 24.8 Å². The standard InChI is InChI=1S/C23H20F3N7O2/c1-2-11-33(20-18(21(34)35)12-27-22(28-20)23(24,25)26)13-14-7-9-15(10-8-14)16-5-3-4-6-17(16)19-29-31-32-30-19/h3-10,12H,2,11,13H2,1H3,(H,34,35)(H,29,30,31,32). The predicted octanol–water partition coefficient (Wildman–Crippen LogP) is 4.46. The van der Waals surface area contributed by atoms with Crippen LogP contribution in [0.15, 0.2) is 54.7 Å². The molecule has 0 aliphatic carbocycles. The molecule has 0 aliphatic rings. The van der Waals surface area contributed by atoms with E-state index in [0.717, 1.165) is 22.3 Å². The quantitative estimate of drug-likeness (QED) is 0.377. The summed E-state index contributed by atoms with van der Waals surface area (Å²) < 4.78 is 39.6. The Morgan fingerprint density at radius 2 is 1.80 bits per heavy atom. The van der Waals surface area contributed by atoms with Crippen molar-refractivity contribution in [3.63, 3.8) is 0 Å². The van der Waals surface area contributed by atoms with Crippen LogP contribution in [0, 0.1) is 0 Å². The Hall–Kier alpha value is -4.35. The highest BCUT2D eigenvalue weighted by atomic mass is 19.4. The van der Waals surface area contributed by atoms with Crippen LogP contribution in [-0.4, -0.2) is 48.2 Å². The first-order valence-corrected chi connectivity index (χ1v) is 10.6. The number of hydrogen-bond donors (Lipinski definition) is 2. The third-order valence-corrected chi connectivity index (χ3v) is 5.20. The summed E-state index contributed by atoms with van der Waals surface area (Å²) in [6.45, 7) is 2.31. The molecular formula is C23H20F3N7O2. The van der Waals surface area contributed by atoms with Gasteiger partial charge in [-0.2, -0.15) is 18.4 Å². The monoisotopic (exact) mass is 483 g/mol. The third-order valence-electron chi connectivity index (χ3n) is 5.20. The van der Waals surface area contributed by atoms with Crippen molar-refractivity contribution in [2.24, 2.45) is 0 Å². The number of H-pyrrole nitrogens is 1.